The highest BCUT2D eigenvalue weighted by Crippen LogP contribution is 2.55. The molecule has 0 saturated carbocycles. The third-order valence-electron chi connectivity index (χ3n) is 2.09. The van der Waals surface area contributed by atoms with Crippen LogP contribution in [0.4, 0.5) is 0 Å². The lowest BCUT2D eigenvalue weighted by molar-refractivity contribution is 0.145. The average molecular weight is 406 g/mol. The lowest BCUT2D eigenvalue weighted by Crippen LogP contribution is -2.17. The zero-order valence-corrected chi connectivity index (χ0v) is 18.5. The van der Waals surface area contributed by atoms with Crippen molar-refractivity contribution in [3.05, 3.63) is 0 Å². The standard InChI is InChI=1S/C14H32O7P2S/c1-11(2)18-22(15,19-12(3)4)9-24(17)10-23(16,20-13(5)6)21-14(7)8/h11-14H,9-10H2,1-8H3. The van der Waals surface area contributed by atoms with Crippen LogP contribution in [0.3, 0.4) is 0 Å². The third kappa shape index (κ3) is 11.1. The molecule has 0 aliphatic heterocycles. The van der Waals surface area contributed by atoms with E-state index in [4.69, 9.17) is 18.1 Å². The fraction of sp³-hybridized carbons (Fsp3) is 1.00. The van der Waals surface area contributed by atoms with Gasteiger partial charge in [-0.05, 0) is 55.4 Å². The summed E-state index contributed by atoms with van der Waals surface area (Å²) in [7, 11) is -8.90. The van der Waals surface area contributed by atoms with E-state index in [1.54, 1.807) is 55.4 Å². The van der Waals surface area contributed by atoms with Crippen LogP contribution in [-0.2, 0) is 38.0 Å². The first kappa shape index (κ1) is 24.5. The van der Waals surface area contributed by atoms with Crippen LogP contribution in [0, 0.1) is 0 Å². The van der Waals surface area contributed by atoms with Crippen LogP contribution in [0.5, 0.6) is 0 Å². The van der Waals surface area contributed by atoms with Gasteiger partial charge < -0.3 is 18.1 Å². The van der Waals surface area contributed by atoms with Crippen LogP contribution in [0.1, 0.15) is 55.4 Å². The van der Waals surface area contributed by atoms with E-state index in [1.807, 2.05) is 0 Å². The van der Waals surface area contributed by atoms with Crippen molar-refractivity contribution in [2.24, 2.45) is 0 Å². The van der Waals surface area contributed by atoms with Gasteiger partial charge in [0.2, 0.25) is 0 Å². The van der Waals surface area contributed by atoms with E-state index >= 15 is 0 Å². The highest BCUT2D eigenvalue weighted by Gasteiger charge is 2.36. The molecule has 0 aromatic rings. The van der Waals surface area contributed by atoms with Gasteiger partial charge in [-0.3, -0.25) is 13.3 Å². The van der Waals surface area contributed by atoms with Crippen molar-refractivity contribution < 1.29 is 31.4 Å². The van der Waals surface area contributed by atoms with Crippen molar-refractivity contribution in [3.63, 3.8) is 0 Å². The summed E-state index contributed by atoms with van der Waals surface area (Å²) in [5, 5.41) is 0. The van der Waals surface area contributed by atoms with Gasteiger partial charge in [0.05, 0.1) is 24.4 Å². The van der Waals surface area contributed by atoms with Gasteiger partial charge in [-0.25, -0.2) is 0 Å². The summed E-state index contributed by atoms with van der Waals surface area (Å²) in [4.78, 5) is 0. The maximum absolute atomic E-state index is 12.8. The van der Waals surface area contributed by atoms with Gasteiger partial charge in [-0.2, -0.15) is 0 Å². The maximum Gasteiger partial charge on any atom is 0.343 e. The Balaban J connectivity index is 5.14. The zero-order chi connectivity index (χ0) is 19.1. The number of hydrogen-bond donors (Lipinski definition) is 0. The average Bonchev–Trinajstić information content (AvgIpc) is 2.20. The minimum atomic E-state index is -3.57. The van der Waals surface area contributed by atoms with Crippen molar-refractivity contribution in [1.29, 1.82) is 0 Å². The summed E-state index contributed by atoms with van der Waals surface area (Å²) in [5.74, 6) is 0. The molecular weight excluding hydrogens is 374 g/mol. The fourth-order valence-electron chi connectivity index (χ4n) is 1.85. The Kier molecular flexibility index (Phi) is 10.8. The van der Waals surface area contributed by atoms with E-state index in [2.05, 4.69) is 0 Å². The van der Waals surface area contributed by atoms with Crippen molar-refractivity contribution in [2.75, 3.05) is 11.0 Å². The van der Waals surface area contributed by atoms with Gasteiger partial charge in [0.15, 0.2) is 0 Å². The lowest BCUT2D eigenvalue weighted by Gasteiger charge is -2.25. The van der Waals surface area contributed by atoms with Gasteiger partial charge >= 0.3 is 15.2 Å². The molecule has 0 aliphatic carbocycles. The second kappa shape index (κ2) is 10.6. The quantitative estimate of drug-likeness (QED) is 0.433. The van der Waals surface area contributed by atoms with Crippen LogP contribution in [0.2, 0.25) is 0 Å². The molecule has 0 spiro atoms. The molecule has 0 N–H and O–H groups in total. The Bertz CT molecular complexity index is 422. The zero-order valence-electron chi connectivity index (χ0n) is 15.9. The lowest BCUT2D eigenvalue weighted by atomic mass is 10.5. The molecule has 0 aliphatic rings. The molecule has 0 aromatic heterocycles. The Morgan fingerprint density at radius 1 is 0.625 bits per heavy atom. The normalized spacial score (nSPS) is 13.9. The number of rotatable bonds is 12. The Hall–Kier alpha value is 0.450. The van der Waals surface area contributed by atoms with E-state index < -0.39 is 26.0 Å². The van der Waals surface area contributed by atoms with Crippen molar-refractivity contribution in [3.8, 4) is 0 Å². The second-order valence-corrected chi connectivity index (χ2v) is 12.8. The molecule has 0 saturated heterocycles. The Morgan fingerprint density at radius 3 is 1.00 bits per heavy atom. The predicted octanol–water partition coefficient (Wildman–Crippen LogP) is 4.74. The molecule has 0 fully saturated rings. The molecule has 0 amide bonds. The molecule has 0 rings (SSSR count). The van der Waals surface area contributed by atoms with Gasteiger partial charge in [0.1, 0.15) is 11.0 Å². The summed E-state index contributed by atoms with van der Waals surface area (Å²) in [6, 6.07) is 0. The molecular formula is C14H32O7P2S. The minimum Gasteiger partial charge on any atom is -0.305 e. The van der Waals surface area contributed by atoms with E-state index in [0.717, 1.165) is 0 Å². The first-order valence-electron chi connectivity index (χ1n) is 8.03. The molecule has 0 bridgehead atoms. The molecule has 7 nitrogen and oxygen atoms in total. The van der Waals surface area contributed by atoms with E-state index in [0.29, 0.717) is 0 Å². The van der Waals surface area contributed by atoms with Crippen molar-refractivity contribution in [1.82, 2.24) is 0 Å². The van der Waals surface area contributed by atoms with Crippen LogP contribution in [-0.4, -0.2) is 39.6 Å². The molecule has 0 radical (unpaired) electrons. The summed E-state index contributed by atoms with van der Waals surface area (Å²) in [6.07, 6.45) is -1.40. The third-order valence-corrected chi connectivity index (χ3v) is 9.89. The molecule has 0 heterocycles. The van der Waals surface area contributed by atoms with Crippen LogP contribution in [0.15, 0.2) is 0 Å². The first-order valence-corrected chi connectivity index (χ1v) is 13.0. The number of hydrogen-bond acceptors (Lipinski definition) is 7. The fourth-order valence-corrected chi connectivity index (χ4v) is 9.38. The maximum atomic E-state index is 12.8. The molecule has 0 unspecified atom stereocenters. The molecule has 0 atom stereocenters. The van der Waals surface area contributed by atoms with Crippen molar-refractivity contribution >= 4 is 26.0 Å². The van der Waals surface area contributed by atoms with Crippen LogP contribution < -0.4 is 0 Å². The topological polar surface area (TPSA) is 88.1 Å². The molecule has 146 valence electrons. The summed E-state index contributed by atoms with van der Waals surface area (Å²) >= 11 is 0. The molecule has 10 heteroatoms. The molecule has 24 heavy (non-hydrogen) atoms. The van der Waals surface area contributed by atoms with Crippen LogP contribution in [0.25, 0.3) is 0 Å². The van der Waals surface area contributed by atoms with Crippen molar-refractivity contribution in [2.45, 2.75) is 79.8 Å². The molecule has 0 aromatic carbocycles. The SMILES string of the molecule is CC(C)OP(=O)(CS(=O)CP(=O)(OC(C)C)OC(C)C)OC(C)C. The second-order valence-electron chi connectivity index (χ2n) is 6.54. The van der Waals surface area contributed by atoms with Gasteiger partial charge in [-0.1, -0.05) is 0 Å². The largest absolute Gasteiger partial charge is 0.343 e. The monoisotopic (exact) mass is 406 g/mol. The van der Waals surface area contributed by atoms with E-state index in [9.17, 15) is 13.3 Å². The summed E-state index contributed by atoms with van der Waals surface area (Å²) in [6.45, 7) is 13.7. The van der Waals surface area contributed by atoms with E-state index in [-0.39, 0.29) is 35.4 Å². The van der Waals surface area contributed by atoms with Gasteiger partial charge in [0, 0.05) is 10.8 Å². The Labute approximate surface area is 148 Å². The minimum absolute atomic E-state index is 0.350. The van der Waals surface area contributed by atoms with Gasteiger partial charge in [0.25, 0.3) is 0 Å². The van der Waals surface area contributed by atoms with Gasteiger partial charge in [-0.15, -0.1) is 0 Å². The summed E-state index contributed by atoms with van der Waals surface area (Å²) in [5.41, 5.74) is -0.702. The first-order chi connectivity index (χ1) is 10.8. The smallest absolute Gasteiger partial charge is 0.305 e. The summed E-state index contributed by atoms with van der Waals surface area (Å²) < 4.78 is 59.4. The Morgan fingerprint density at radius 2 is 0.833 bits per heavy atom. The highest BCUT2D eigenvalue weighted by molar-refractivity contribution is 7.97. The predicted molar refractivity (Wildman–Crippen MR) is 98.0 cm³/mol. The van der Waals surface area contributed by atoms with E-state index in [1.165, 1.54) is 0 Å². The van der Waals surface area contributed by atoms with Crippen LogP contribution >= 0.6 is 15.2 Å². The highest BCUT2D eigenvalue weighted by atomic mass is 32.2.